The summed E-state index contributed by atoms with van der Waals surface area (Å²) in [6.45, 7) is 2.36. The fourth-order valence-corrected chi connectivity index (χ4v) is 4.62. The van der Waals surface area contributed by atoms with Gasteiger partial charge in [0.1, 0.15) is 17.4 Å². The Kier molecular flexibility index (Phi) is 6.70. The van der Waals surface area contributed by atoms with E-state index < -0.39 is 0 Å². The monoisotopic (exact) mass is 423 g/mol. The van der Waals surface area contributed by atoms with Gasteiger partial charge in [0.15, 0.2) is 0 Å². The highest BCUT2D eigenvalue weighted by Gasteiger charge is 2.29. The van der Waals surface area contributed by atoms with Gasteiger partial charge in [0.25, 0.3) is 0 Å². The molecule has 4 rings (SSSR count). The lowest BCUT2D eigenvalue weighted by Crippen LogP contribution is -2.38. The Bertz CT molecular complexity index is 915. The van der Waals surface area contributed by atoms with Crippen LogP contribution >= 0.6 is 0 Å². The normalized spacial score (nSPS) is 19.1. The molecule has 3 heterocycles. The van der Waals surface area contributed by atoms with E-state index in [1.54, 1.807) is 7.11 Å². The Balaban J connectivity index is 1.46. The molecule has 1 fully saturated rings. The van der Waals surface area contributed by atoms with Crippen molar-refractivity contribution in [3.05, 3.63) is 46.9 Å². The number of rotatable bonds is 6. The molecule has 2 aliphatic heterocycles. The number of benzene rings is 1. The number of fused-ring (bicyclic) bond motifs is 1. The maximum atomic E-state index is 12.9. The first kappa shape index (κ1) is 21.6. The number of aryl methyl sites for hydroxylation is 1. The van der Waals surface area contributed by atoms with Crippen molar-refractivity contribution in [1.82, 2.24) is 19.8 Å². The molecule has 1 N–H and O–H groups in total. The summed E-state index contributed by atoms with van der Waals surface area (Å²) >= 11 is 0. The number of hydrogen-bond donors (Lipinski definition) is 1. The van der Waals surface area contributed by atoms with Crippen LogP contribution in [0.25, 0.3) is 0 Å². The second-order valence-electron chi connectivity index (χ2n) is 8.51. The fraction of sp³-hybridized carbons (Fsp3) is 0.542. The van der Waals surface area contributed by atoms with Gasteiger partial charge >= 0.3 is 0 Å². The van der Waals surface area contributed by atoms with Gasteiger partial charge in [0, 0.05) is 25.6 Å². The summed E-state index contributed by atoms with van der Waals surface area (Å²) in [6.07, 6.45) is 5.55. The number of carbonyl (C=O) groups is 1. The second kappa shape index (κ2) is 9.64. The highest BCUT2D eigenvalue weighted by atomic mass is 16.5. The molecule has 1 amide bonds. The Labute approximate surface area is 184 Å². The third kappa shape index (κ3) is 4.82. The van der Waals surface area contributed by atoms with E-state index in [0.29, 0.717) is 13.0 Å². The number of aromatic nitrogens is 2. The largest absolute Gasteiger partial charge is 0.497 e. The molecule has 0 bridgehead atoms. The summed E-state index contributed by atoms with van der Waals surface area (Å²) < 4.78 is 5.21. The van der Waals surface area contributed by atoms with Crippen molar-refractivity contribution in [3.8, 4) is 5.75 Å². The van der Waals surface area contributed by atoms with Crippen LogP contribution in [0.15, 0.2) is 24.3 Å². The average Bonchev–Trinajstić information content (AvgIpc) is 2.82. The quantitative estimate of drug-likeness (QED) is 0.769. The standard InChI is InChI=1S/C24H33N5O2/c1-25-23-19-13-15-29(22(30)12-9-17-7-10-18(31-3)11-8-17)16-20(19)26-24(27-23)21-6-4-5-14-28(21)2/h7-8,10-11,21H,4-6,9,12-16H2,1-3H3,(H,25,26,27)/t21-/m1/s1. The molecule has 31 heavy (non-hydrogen) atoms. The molecule has 0 radical (unpaired) electrons. The topological polar surface area (TPSA) is 70.6 Å². The zero-order valence-electron chi connectivity index (χ0n) is 18.9. The van der Waals surface area contributed by atoms with Crippen LogP contribution in [0.5, 0.6) is 5.75 Å². The number of anilines is 1. The van der Waals surface area contributed by atoms with Crippen molar-refractivity contribution < 1.29 is 9.53 Å². The smallest absolute Gasteiger partial charge is 0.223 e. The molecular formula is C24H33N5O2. The molecule has 166 valence electrons. The van der Waals surface area contributed by atoms with Crippen molar-refractivity contribution in [3.63, 3.8) is 0 Å². The van der Waals surface area contributed by atoms with Crippen LogP contribution < -0.4 is 10.1 Å². The van der Waals surface area contributed by atoms with Gasteiger partial charge < -0.3 is 15.0 Å². The maximum Gasteiger partial charge on any atom is 0.223 e. The SMILES string of the molecule is CNc1nc([C@H]2CCCCN2C)nc2c1CCN(C(=O)CCc1ccc(OC)cc1)C2. The predicted molar refractivity (Wildman–Crippen MR) is 121 cm³/mol. The van der Waals surface area contributed by atoms with Gasteiger partial charge in [-0.05, 0) is 57.0 Å². The lowest BCUT2D eigenvalue weighted by atomic mass is 10.0. The molecule has 1 atom stereocenters. The number of likely N-dealkylation sites (tertiary alicyclic amines) is 1. The van der Waals surface area contributed by atoms with Crippen molar-refractivity contribution in [2.45, 2.75) is 51.1 Å². The summed E-state index contributed by atoms with van der Waals surface area (Å²) in [7, 11) is 5.73. The van der Waals surface area contributed by atoms with E-state index in [2.05, 4.69) is 17.3 Å². The summed E-state index contributed by atoms with van der Waals surface area (Å²) in [6, 6.07) is 8.19. The zero-order valence-corrected chi connectivity index (χ0v) is 18.9. The molecule has 0 spiro atoms. The molecule has 2 aliphatic rings. The van der Waals surface area contributed by atoms with Crippen molar-refractivity contribution in [1.29, 1.82) is 0 Å². The number of nitrogens with zero attached hydrogens (tertiary/aromatic N) is 4. The molecule has 0 saturated carbocycles. The van der Waals surface area contributed by atoms with Crippen LogP contribution in [-0.2, 0) is 24.2 Å². The van der Waals surface area contributed by atoms with E-state index in [-0.39, 0.29) is 11.9 Å². The Hall–Kier alpha value is -2.67. The van der Waals surface area contributed by atoms with Crippen LogP contribution in [0.4, 0.5) is 5.82 Å². The number of methoxy groups -OCH3 is 1. The predicted octanol–water partition coefficient (Wildman–Crippen LogP) is 3.20. The van der Waals surface area contributed by atoms with Crippen LogP contribution in [-0.4, -0.2) is 60.0 Å². The van der Waals surface area contributed by atoms with E-state index in [1.807, 2.05) is 36.2 Å². The number of amides is 1. The maximum absolute atomic E-state index is 12.9. The molecule has 1 aromatic carbocycles. The van der Waals surface area contributed by atoms with Gasteiger partial charge in [-0.15, -0.1) is 0 Å². The average molecular weight is 424 g/mol. The van der Waals surface area contributed by atoms with Crippen molar-refractivity contribution in [2.24, 2.45) is 0 Å². The minimum atomic E-state index is 0.183. The molecule has 7 nitrogen and oxygen atoms in total. The van der Waals surface area contributed by atoms with Gasteiger partial charge in [-0.25, -0.2) is 9.97 Å². The van der Waals surface area contributed by atoms with E-state index in [9.17, 15) is 4.79 Å². The number of hydrogen-bond acceptors (Lipinski definition) is 6. The van der Waals surface area contributed by atoms with Crippen LogP contribution in [0, 0.1) is 0 Å². The van der Waals surface area contributed by atoms with Gasteiger partial charge in [0.05, 0.1) is 25.4 Å². The minimum absolute atomic E-state index is 0.183. The van der Waals surface area contributed by atoms with E-state index >= 15 is 0 Å². The van der Waals surface area contributed by atoms with E-state index in [1.165, 1.54) is 12.8 Å². The van der Waals surface area contributed by atoms with Gasteiger partial charge in [-0.3, -0.25) is 9.69 Å². The number of ether oxygens (including phenoxy) is 1. The summed E-state index contributed by atoms with van der Waals surface area (Å²) in [5, 5.41) is 3.27. The molecule has 0 unspecified atom stereocenters. The number of nitrogens with one attached hydrogen (secondary N) is 1. The molecule has 2 aromatic rings. The van der Waals surface area contributed by atoms with Crippen molar-refractivity contribution in [2.75, 3.05) is 39.6 Å². The summed E-state index contributed by atoms with van der Waals surface area (Å²) in [4.78, 5) is 27.1. The fourth-order valence-electron chi connectivity index (χ4n) is 4.62. The van der Waals surface area contributed by atoms with Gasteiger partial charge in [-0.2, -0.15) is 0 Å². The van der Waals surface area contributed by atoms with E-state index in [0.717, 1.165) is 66.6 Å². The molecular weight excluding hydrogens is 390 g/mol. The lowest BCUT2D eigenvalue weighted by Gasteiger charge is -2.33. The van der Waals surface area contributed by atoms with Crippen molar-refractivity contribution >= 4 is 11.7 Å². The van der Waals surface area contributed by atoms with Crippen LogP contribution in [0.1, 0.15) is 54.4 Å². The Morgan fingerprint density at radius 2 is 2.00 bits per heavy atom. The lowest BCUT2D eigenvalue weighted by molar-refractivity contribution is -0.132. The minimum Gasteiger partial charge on any atom is -0.497 e. The van der Waals surface area contributed by atoms with Gasteiger partial charge in [-0.1, -0.05) is 18.6 Å². The Morgan fingerprint density at radius 3 is 2.71 bits per heavy atom. The van der Waals surface area contributed by atoms with Crippen LogP contribution in [0.3, 0.4) is 0 Å². The third-order valence-corrected chi connectivity index (χ3v) is 6.53. The highest BCUT2D eigenvalue weighted by Crippen LogP contribution is 2.31. The van der Waals surface area contributed by atoms with Gasteiger partial charge in [0.2, 0.25) is 5.91 Å². The molecule has 1 aromatic heterocycles. The van der Waals surface area contributed by atoms with E-state index in [4.69, 9.17) is 14.7 Å². The zero-order chi connectivity index (χ0) is 21.8. The molecule has 7 heteroatoms. The summed E-state index contributed by atoms with van der Waals surface area (Å²) in [5.41, 5.74) is 3.30. The molecule has 0 aliphatic carbocycles. The number of piperidine rings is 1. The Morgan fingerprint density at radius 1 is 1.19 bits per heavy atom. The van der Waals surface area contributed by atoms with Crippen LogP contribution in [0.2, 0.25) is 0 Å². The molecule has 1 saturated heterocycles. The number of carbonyl (C=O) groups excluding carboxylic acids is 1. The second-order valence-corrected chi connectivity index (χ2v) is 8.51. The third-order valence-electron chi connectivity index (χ3n) is 6.53. The summed E-state index contributed by atoms with van der Waals surface area (Å²) in [5.74, 6) is 2.83. The first-order valence-electron chi connectivity index (χ1n) is 11.3. The highest BCUT2D eigenvalue weighted by molar-refractivity contribution is 5.77. The first-order chi connectivity index (χ1) is 15.1. The first-order valence-corrected chi connectivity index (χ1v) is 11.3.